The number of hydrogen-bond donors (Lipinski definition) is 1. The second kappa shape index (κ2) is 7.25. The Morgan fingerprint density at radius 2 is 1.89 bits per heavy atom. The molecule has 1 N–H and O–H groups in total. The Hall–Kier alpha value is -3.11. The van der Waals surface area contributed by atoms with Crippen LogP contribution in [0.25, 0.3) is 16.9 Å². The molecule has 2 aromatic carbocycles. The maximum atomic E-state index is 12.3. The molecule has 0 bridgehead atoms. The number of carbonyl (C=O) groups is 1. The molecule has 0 saturated heterocycles. The third-order valence-corrected chi connectivity index (χ3v) is 4.57. The van der Waals surface area contributed by atoms with Crippen molar-refractivity contribution >= 4 is 28.8 Å². The summed E-state index contributed by atoms with van der Waals surface area (Å²) in [5, 5.41) is 3.61. The van der Waals surface area contributed by atoms with E-state index in [1.807, 2.05) is 65.3 Å². The van der Waals surface area contributed by atoms with Crippen molar-refractivity contribution < 1.29 is 4.79 Å². The molecule has 0 spiro atoms. The quantitative estimate of drug-likeness (QED) is 0.536. The van der Waals surface area contributed by atoms with Crippen molar-refractivity contribution in [3.63, 3.8) is 0 Å². The molecule has 0 radical (unpaired) electrons. The number of aromatic nitrogens is 2. The summed E-state index contributed by atoms with van der Waals surface area (Å²) in [5.41, 5.74) is 5.57. The van der Waals surface area contributed by atoms with Gasteiger partial charge in [-0.2, -0.15) is 0 Å². The number of nitrogens with one attached hydrogen (secondary N) is 1. The fraction of sp³-hybridized carbons (Fsp3) is 0.0909. The number of anilines is 1. The number of pyridine rings is 1. The van der Waals surface area contributed by atoms with Crippen LogP contribution < -0.4 is 5.32 Å². The Bertz CT molecular complexity index is 1120. The van der Waals surface area contributed by atoms with Crippen molar-refractivity contribution in [2.24, 2.45) is 0 Å². The van der Waals surface area contributed by atoms with E-state index in [-0.39, 0.29) is 5.91 Å². The molecule has 4 nitrogen and oxygen atoms in total. The van der Waals surface area contributed by atoms with E-state index < -0.39 is 0 Å². The number of fused-ring (bicyclic) bond motifs is 1. The van der Waals surface area contributed by atoms with Crippen LogP contribution in [-0.2, 0) is 11.2 Å². The summed E-state index contributed by atoms with van der Waals surface area (Å²) in [6, 6.07) is 19.1. The fourth-order valence-corrected chi connectivity index (χ4v) is 3.12. The van der Waals surface area contributed by atoms with Crippen molar-refractivity contribution in [1.82, 2.24) is 9.38 Å². The van der Waals surface area contributed by atoms with Gasteiger partial charge in [0, 0.05) is 28.7 Å². The first kappa shape index (κ1) is 17.3. The zero-order valence-corrected chi connectivity index (χ0v) is 15.6. The van der Waals surface area contributed by atoms with E-state index in [2.05, 4.69) is 17.2 Å². The summed E-state index contributed by atoms with van der Waals surface area (Å²) in [6.07, 6.45) is 4.34. The van der Waals surface area contributed by atoms with Crippen molar-refractivity contribution in [1.29, 1.82) is 0 Å². The topological polar surface area (TPSA) is 46.4 Å². The van der Waals surface area contributed by atoms with E-state index >= 15 is 0 Å². The molecule has 1 amide bonds. The number of imidazole rings is 1. The summed E-state index contributed by atoms with van der Waals surface area (Å²) < 4.78 is 2.01. The van der Waals surface area contributed by atoms with Crippen molar-refractivity contribution in [2.45, 2.75) is 13.3 Å². The van der Waals surface area contributed by atoms with Gasteiger partial charge in [0.2, 0.25) is 5.91 Å². The van der Waals surface area contributed by atoms with E-state index in [0.29, 0.717) is 11.4 Å². The highest BCUT2D eigenvalue weighted by Crippen LogP contribution is 2.23. The third-order valence-electron chi connectivity index (χ3n) is 4.32. The van der Waals surface area contributed by atoms with Crippen LogP contribution in [0.5, 0.6) is 0 Å². The molecule has 134 valence electrons. The SMILES string of the molecule is Cc1ccc2nc(-c3cccc(NC(=O)Cc4ccc(Cl)cc4)c3)cn2c1. The molecule has 0 atom stereocenters. The molecule has 4 aromatic rings. The molecule has 0 fully saturated rings. The molecular weight excluding hydrogens is 358 g/mol. The average Bonchev–Trinajstić information content (AvgIpc) is 3.07. The van der Waals surface area contributed by atoms with E-state index in [4.69, 9.17) is 11.6 Å². The lowest BCUT2D eigenvalue weighted by Gasteiger charge is -2.07. The minimum absolute atomic E-state index is 0.0694. The molecule has 0 aliphatic carbocycles. The Labute approximate surface area is 162 Å². The van der Waals surface area contributed by atoms with Gasteiger partial charge in [0.05, 0.1) is 12.1 Å². The molecular formula is C22H18ClN3O. The number of benzene rings is 2. The minimum Gasteiger partial charge on any atom is -0.326 e. The number of halogens is 1. The van der Waals surface area contributed by atoms with E-state index in [1.54, 1.807) is 12.1 Å². The van der Waals surface area contributed by atoms with Crippen LogP contribution in [0, 0.1) is 6.92 Å². The maximum Gasteiger partial charge on any atom is 0.228 e. The Morgan fingerprint density at radius 3 is 2.70 bits per heavy atom. The standard InChI is InChI=1S/C22H18ClN3O/c1-15-5-10-21-25-20(14-26(21)13-15)17-3-2-4-19(12-17)24-22(27)11-16-6-8-18(23)9-7-16/h2-10,12-14H,11H2,1H3,(H,24,27). The van der Waals surface area contributed by atoms with E-state index in [1.165, 1.54) is 5.56 Å². The van der Waals surface area contributed by atoms with Gasteiger partial charge in [0.25, 0.3) is 0 Å². The summed E-state index contributed by atoms with van der Waals surface area (Å²) >= 11 is 5.88. The van der Waals surface area contributed by atoms with Crippen LogP contribution in [0.4, 0.5) is 5.69 Å². The number of nitrogens with zero attached hydrogens (tertiary/aromatic N) is 2. The monoisotopic (exact) mass is 375 g/mol. The van der Waals surface area contributed by atoms with Crippen molar-refractivity contribution in [3.05, 3.63) is 89.2 Å². The lowest BCUT2D eigenvalue weighted by molar-refractivity contribution is -0.115. The second-order valence-corrected chi connectivity index (χ2v) is 6.97. The lowest BCUT2D eigenvalue weighted by Crippen LogP contribution is -2.14. The molecule has 2 aromatic heterocycles. The van der Waals surface area contributed by atoms with Gasteiger partial charge < -0.3 is 9.72 Å². The van der Waals surface area contributed by atoms with Crippen LogP contribution in [0.3, 0.4) is 0 Å². The third kappa shape index (κ3) is 4.01. The first-order valence-corrected chi connectivity index (χ1v) is 9.05. The molecule has 0 aliphatic rings. The van der Waals surface area contributed by atoms with Gasteiger partial charge in [0.1, 0.15) is 5.65 Å². The van der Waals surface area contributed by atoms with Crippen molar-refractivity contribution in [3.8, 4) is 11.3 Å². The Kier molecular flexibility index (Phi) is 4.65. The average molecular weight is 376 g/mol. The number of carbonyl (C=O) groups excluding carboxylic acids is 1. The predicted molar refractivity (Wildman–Crippen MR) is 109 cm³/mol. The Morgan fingerprint density at radius 1 is 1.07 bits per heavy atom. The maximum absolute atomic E-state index is 12.3. The van der Waals surface area contributed by atoms with E-state index in [0.717, 1.165) is 28.2 Å². The lowest BCUT2D eigenvalue weighted by atomic mass is 10.1. The highest BCUT2D eigenvalue weighted by atomic mass is 35.5. The smallest absolute Gasteiger partial charge is 0.228 e. The van der Waals surface area contributed by atoms with Crippen LogP contribution in [0.1, 0.15) is 11.1 Å². The number of amides is 1. The highest BCUT2D eigenvalue weighted by Gasteiger charge is 2.08. The molecule has 2 heterocycles. The van der Waals surface area contributed by atoms with Crippen LogP contribution >= 0.6 is 11.6 Å². The molecule has 27 heavy (non-hydrogen) atoms. The van der Waals surface area contributed by atoms with Gasteiger partial charge >= 0.3 is 0 Å². The van der Waals surface area contributed by atoms with Crippen LogP contribution in [-0.4, -0.2) is 15.3 Å². The van der Waals surface area contributed by atoms with Gasteiger partial charge in [-0.3, -0.25) is 4.79 Å². The zero-order valence-electron chi connectivity index (χ0n) is 14.8. The van der Waals surface area contributed by atoms with Crippen molar-refractivity contribution in [2.75, 3.05) is 5.32 Å². The first-order valence-electron chi connectivity index (χ1n) is 8.67. The summed E-state index contributed by atoms with van der Waals surface area (Å²) in [4.78, 5) is 17.0. The number of rotatable bonds is 4. The zero-order chi connectivity index (χ0) is 18.8. The summed E-state index contributed by atoms with van der Waals surface area (Å²) in [5.74, 6) is -0.0694. The molecule has 4 rings (SSSR count). The molecule has 5 heteroatoms. The van der Waals surface area contributed by atoms with Gasteiger partial charge in [0.15, 0.2) is 0 Å². The highest BCUT2D eigenvalue weighted by molar-refractivity contribution is 6.30. The first-order chi connectivity index (χ1) is 13.1. The van der Waals surface area contributed by atoms with E-state index in [9.17, 15) is 4.79 Å². The molecule has 0 aliphatic heterocycles. The normalized spacial score (nSPS) is 10.9. The minimum atomic E-state index is -0.0694. The summed E-state index contributed by atoms with van der Waals surface area (Å²) in [7, 11) is 0. The van der Waals surface area contributed by atoms with Gasteiger partial charge in [-0.15, -0.1) is 0 Å². The van der Waals surface area contributed by atoms with Crippen LogP contribution in [0.2, 0.25) is 5.02 Å². The Balaban J connectivity index is 1.52. The predicted octanol–water partition coefficient (Wildman–Crippen LogP) is 5.14. The van der Waals surface area contributed by atoms with Gasteiger partial charge in [-0.05, 0) is 48.4 Å². The number of hydrogen-bond acceptors (Lipinski definition) is 2. The van der Waals surface area contributed by atoms with Crippen LogP contribution in [0.15, 0.2) is 73.1 Å². The van der Waals surface area contributed by atoms with Gasteiger partial charge in [-0.25, -0.2) is 4.98 Å². The molecule has 0 unspecified atom stereocenters. The second-order valence-electron chi connectivity index (χ2n) is 6.53. The van der Waals surface area contributed by atoms with Gasteiger partial charge in [-0.1, -0.05) is 41.9 Å². The number of aryl methyl sites for hydroxylation is 1. The molecule has 0 saturated carbocycles. The fourth-order valence-electron chi connectivity index (χ4n) is 2.99. The summed E-state index contributed by atoms with van der Waals surface area (Å²) in [6.45, 7) is 2.05. The largest absolute Gasteiger partial charge is 0.326 e.